The third-order valence-corrected chi connectivity index (χ3v) is 1.73. The van der Waals surface area contributed by atoms with Gasteiger partial charge in [-0.25, -0.2) is 0 Å². The first-order valence-electron chi connectivity index (χ1n) is 4.76. The molecule has 0 aliphatic heterocycles. The van der Waals surface area contributed by atoms with E-state index >= 15 is 0 Å². The molecule has 100 valence electrons. The van der Waals surface area contributed by atoms with Crippen LogP contribution < -0.4 is 15.9 Å². The monoisotopic (exact) mass is 271 g/mol. The number of nitrogens with zero attached hydrogens (tertiary/aromatic N) is 2. The number of hydrazone groups is 1. The largest absolute Gasteiger partial charge is 0.573 e. The first-order chi connectivity index (χ1) is 8.81. The quantitative estimate of drug-likeness (QED) is 0.441. The Kier molecular flexibility index (Phi) is 4.31. The van der Waals surface area contributed by atoms with Crippen molar-refractivity contribution < 1.29 is 17.9 Å². The molecule has 9 heteroatoms. The number of hydrogen-bond donors (Lipinski definition) is 3. The summed E-state index contributed by atoms with van der Waals surface area (Å²) in [5, 5.41) is 19.0. The number of alkyl halides is 3. The van der Waals surface area contributed by atoms with E-state index in [1.807, 2.05) is 0 Å². The van der Waals surface area contributed by atoms with E-state index in [-0.39, 0.29) is 11.4 Å². The van der Waals surface area contributed by atoms with Crippen LogP contribution in [0.3, 0.4) is 0 Å². The van der Waals surface area contributed by atoms with Gasteiger partial charge in [-0.2, -0.15) is 10.4 Å². The minimum Gasteiger partial charge on any atom is -0.406 e. The molecule has 1 rings (SSSR count). The lowest BCUT2D eigenvalue weighted by atomic mass is 10.3. The van der Waals surface area contributed by atoms with Gasteiger partial charge in [0.1, 0.15) is 11.8 Å². The molecule has 0 aromatic heterocycles. The Bertz CT molecular complexity index is 547. The molecular formula is C10H8F3N5O. The fourth-order valence-electron chi connectivity index (χ4n) is 1.03. The number of hydrogen-bond acceptors (Lipinski definition) is 5. The van der Waals surface area contributed by atoms with Crippen molar-refractivity contribution in [2.45, 2.75) is 6.36 Å². The standard InChI is InChI=1S/C10H8F3N5O/c11-10(12,13)19-7-3-1-2-6(4-7)17-18-8(5-14)9(15)16/h1-4,17H,(H3,15,16)/b18-8+. The number of nitrogens with two attached hydrogens (primary N) is 1. The van der Waals surface area contributed by atoms with Crippen LogP contribution in [0.2, 0.25) is 0 Å². The minimum atomic E-state index is -4.79. The Hall–Kier alpha value is -2.76. The number of nitrogens with one attached hydrogen (secondary N) is 2. The summed E-state index contributed by atoms with van der Waals surface area (Å²) in [6.07, 6.45) is -4.79. The predicted molar refractivity (Wildman–Crippen MR) is 61.7 cm³/mol. The average Bonchev–Trinajstić information content (AvgIpc) is 2.27. The highest BCUT2D eigenvalue weighted by Gasteiger charge is 2.31. The van der Waals surface area contributed by atoms with Gasteiger partial charge in [0.05, 0.1) is 5.69 Å². The van der Waals surface area contributed by atoms with Crippen molar-refractivity contribution in [2.24, 2.45) is 10.8 Å². The van der Waals surface area contributed by atoms with Gasteiger partial charge in [-0.1, -0.05) is 6.07 Å². The minimum absolute atomic E-state index is 0.149. The zero-order valence-electron chi connectivity index (χ0n) is 9.32. The smallest absolute Gasteiger partial charge is 0.406 e. The third-order valence-electron chi connectivity index (χ3n) is 1.73. The van der Waals surface area contributed by atoms with E-state index in [4.69, 9.17) is 16.4 Å². The Morgan fingerprint density at radius 2 is 2.16 bits per heavy atom. The molecule has 0 heterocycles. The number of anilines is 1. The molecule has 4 N–H and O–H groups in total. The van der Waals surface area contributed by atoms with Crippen LogP contribution >= 0.6 is 0 Å². The van der Waals surface area contributed by atoms with Gasteiger partial charge in [-0.3, -0.25) is 10.8 Å². The van der Waals surface area contributed by atoms with Crippen LogP contribution in [-0.4, -0.2) is 17.9 Å². The molecule has 0 amide bonds. The lowest BCUT2D eigenvalue weighted by Crippen LogP contribution is -2.21. The zero-order valence-corrected chi connectivity index (χ0v) is 9.32. The molecule has 1 aromatic rings. The third kappa shape index (κ3) is 4.95. The van der Waals surface area contributed by atoms with Crippen LogP contribution in [0, 0.1) is 16.7 Å². The van der Waals surface area contributed by atoms with Gasteiger partial charge in [0.15, 0.2) is 5.84 Å². The van der Waals surface area contributed by atoms with E-state index in [0.29, 0.717) is 0 Å². The van der Waals surface area contributed by atoms with Crippen LogP contribution in [-0.2, 0) is 0 Å². The van der Waals surface area contributed by atoms with Gasteiger partial charge in [0.25, 0.3) is 0 Å². The summed E-state index contributed by atoms with van der Waals surface area (Å²) in [7, 11) is 0. The summed E-state index contributed by atoms with van der Waals surface area (Å²) < 4.78 is 39.7. The normalized spacial score (nSPS) is 11.6. The van der Waals surface area contributed by atoms with Crippen molar-refractivity contribution in [3.05, 3.63) is 24.3 Å². The van der Waals surface area contributed by atoms with Crippen molar-refractivity contribution in [2.75, 3.05) is 5.43 Å². The summed E-state index contributed by atoms with van der Waals surface area (Å²) in [6.45, 7) is 0. The van der Waals surface area contributed by atoms with Gasteiger partial charge in [0, 0.05) is 6.07 Å². The molecule has 0 saturated heterocycles. The highest BCUT2D eigenvalue weighted by Crippen LogP contribution is 2.24. The van der Waals surface area contributed by atoms with Gasteiger partial charge in [-0.05, 0) is 12.1 Å². The van der Waals surface area contributed by atoms with E-state index in [1.165, 1.54) is 12.1 Å². The molecule has 0 aliphatic carbocycles. The maximum Gasteiger partial charge on any atom is 0.573 e. The maximum absolute atomic E-state index is 12.0. The van der Waals surface area contributed by atoms with Gasteiger partial charge in [0.2, 0.25) is 5.71 Å². The summed E-state index contributed by atoms with van der Waals surface area (Å²) in [5.41, 5.74) is 7.10. The highest BCUT2D eigenvalue weighted by atomic mass is 19.4. The Labute approximate surface area is 105 Å². The van der Waals surface area contributed by atoms with Crippen molar-refractivity contribution in [3.8, 4) is 11.8 Å². The fourth-order valence-corrected chi connectivity index (χ4v) is 1.03. The first kappa shape index (κ1) is 14.3. The van der Waals surface area contributed by atoms with Crippen LogP contribution in [0.15, 0.2) is 29.4 Å². The number of halogens is 3. The number of ether oxygens (including phenoxy) is 1. The van der Waals surface area contributed by atoms with Crippen LogP contribution in [0.5, 0.6) is 5.75 Å². The number of rotatable bonds is 4. The first-order valence-corrected chi connectivity index (χ1v) is 4.76. The molecule has 6 nitrogen and oxygen atoms in total. The molecule has 0 bridgehead atoms. The van der Waals surface area contributed by atoms with Crippen LogP contribution in [0.25, 0.3) is 0 Å². The molecule has 1 aromatic carbocycles. The van der Waals surface area contributed by atoms with Crippen molar-refractivity contribution in [3.63, 3.8) is 0 Å². The molecule has 19 heavy (non-hydrogen) atoms. The average molecular weight is 271 g/mol. The maximum atomic E-state index is 12.0. The van der Waals surface area contributed by atoms with Crippen LogP contribution in [0.4, 0.5) is 18.9 Å². The second kappa shape index (κ2) is 5.72. The van der Waals surface area contributed by atoms with Gasteiger partial charge >= 0.3 is 6.36 Å². The predicted octanol–water partition coefficient (Wildman–Crippen LogP) is 1.81. The van der Waals surface area contributed by atoms with Crippen molar-refractivity contribution in [1.82, 2.24) is 0 Å². The van der Waals surface area contributed by atoms with Crippen LogP contribution in [0.1, 0.15) is 0 Å². The van der Waals surface area contributed by atoms with E-state index in [2.05, 4.69) is 15.3 Å². The topological polar surface area (TPSA) is 107 Å². The number of nitriles is 1. The highest BCUT2D eigenvalue weighted by molar-refractivity contribution is 6.45. The summed E-state index contributed by atoms with van der Waals surface area (Å²) >= 11 is 0. The molecule has 0 aliphatic rings. The lowest BCUT2D eigenvalue weighted by Gasteiger charge is -2.09. The summed E-state index contributed by atoms with van der Waals surface area (Å²) in [6, 6.07) is 6.40. The molecule has 0 spiro atoms. The molecule has 0 radical (unpaired) electrons. The summed E-state index contributed by atoms with van der Waals surface area (Å²) in [4.78, 5) is 0. The Morgan fingerprint density at radius 3 is 2.68 bits per heavy atom. The van der Waals surface area contributed by atoms with Gasteiger partial charge < -0.3 is 10.5 Å². The zero-order chi connectivity index (χ0) is 14.5. The molecule has 0 fully saturated rings. The lowest BCUT2D eigenvalue weighted by molar-refractivity contribution is -0.274. The molecule has 0 unspecified atom stereocenters. The molecule has 0 saturated carbocycles. The fraction of sp³-hybridized carbons (Fsp3) is 0.100. The van der Waals surface area contributed by atoms with Crippen molar-refractivity contribution >= 4 is 17.2 Å². The number of amidine groups is 1. The SMILES string of the molecule is N#C/C(=N\Nc1cccc(OC(F)(F)F)c1)C(=N)N. The van der Waals surface area contributed by atoms with E-state index in [1.54, 1.807) is 6.07 Å². The van der Waals surface area contributed by atoms with E-state index < -0.39 is 17.9 Å². The second-order valence-corrected chi connectivity index (χ2v) is 3.17. The van der Waals surface area contributed by atoms with E-state index in [9.17, 15) is 13.2 Å². The Balaban J connectivity index is 2.84. The van der Waals surface area contributed by atoms with E-state index in [0.717, 1.165) is 12.1 Å². The molecular weight excluding hydrogens is 263 g/mol. The molecule has 0 atom stereocenters. The van der Waals surface area contributed by atoms with Crippen molar-refractivity contribution in [1.29, 1.82) is 10.7 Å². The second-order valence-electron chi connectivity index (χ2n) is 3.17. The van der Waals surface area contributed by atoms with Gasteiger partial charge in [-0.15, -0.1) is 13.2 Å². The number of benzene rings is 1. The Morgan fingerprint density at radius 1 is 1.47 bits per heavy atom. The summed E-state index contributed by atoms with van der Waals surface area (Å²) in [5.74, 6) is -0.994.